The van der Waals surface area contributed by atoms with Crippen molar-refractivity contribution in [1.82, 2.24) is 10.2 Å². The first-order valence-electron chi connectivity index (χ1n) is 6.94. The van der Waals surface area contributed by atoms with Crippen LogP contribution in [0.1, 0.15) is 30.0 Å². The normalized spacial score (nSPS) is 25.1. The summed E-state index contributed by atoms with van der Waals surface area (Å²) in [5.74, 6) is 0. The van der Waals surface area contributed by atoms with Crippen molar-refractivity contribution in [2.75, 3.05) is 26.8 Å². The highest BCUT2D eigenvalue weighted by molar-refractivity contribution is 5.32. The van der Waals surface area contributed by atoms with Crippen LogP contribution in [0.5, 0.6) is 0 Å². The number of ether oxygens (including phenoxy) is 1. The van der Waals surface area contributed by atoms with Gasteiger partial charge in [0.1, 0.15) is 0 Å². The van der Waals surface area contributed by atoms with E-state index in [9.17, 15) is 0 Å². The first-order chi connectivity index (χ1) is 8.86. The predicted octanol–water partition coefficient (Wildman–Crippen LogP) is 1.94. The summed E-state index contributed by atoms with van der Waals surface area (Å²) in [4.78, 5) is 2.55. The Labute approximate surface area is 109 Å². The molecule has 0 aliphatic carbocycles. The lowest BCUT2D eigenvalue weighted by molar-refractivity contribution is 0.0269. The van der Waals surface area contributed by atoms with Crippen molar-refractivity contribution in [2.24, 2.45) is 0 Å². The summed E-state index contributed by atoms with van der Waals surface area (Å²) in [6.45, 7) is 3.90. The van der Waals surface area contributed by atoms with Gasteiger partial charge in [-0.2, -0.15) is 0 Å². The molecular formula is C15H22N2O. The molecule has 2 aliphatic rings. The number of rotatable bonds is 2. The number of nitrogens with one attached hydrogen (secondary N) is 1. The summed E-state index contributed by atoms with van der Waals surface area (Å²) in [7, 11) is 2.27. The monoisotopic (exact) mass is 246 g/mol. The van der Waals surface area contributed by atoms with Crippen molar-refractivity contribution in [3.63, 3.8) is 0 Å². The SMILES string of the molecule is CN(C1CCOCC1)C1CNCc2ccccc21. The second-order valence-corrected chi connectivity index (χ2v) is 5.35. The third-order valence-electron chi connectivity index (χ3n) is 4.33. The van der Waals surface area contributed by atoms with Crippen molar-refractivity contribution >= 4 is 0 Å². The number of nitrogens with zero attached hydrogens (tertiary/aromatic N) is 1. The Hall–Kier alpha value is -0.900. The average Bonchev–Trinajstić information content (AvgIpc) is 2.47. The molecule has 0 saturated carbocycles. The molecule has 0 amide bonds. The number of likely N-dealkylation sites (N-methyl/N-ethyl adjacent to an activating group) is 1. The molecule has 1 aromatic carbocycles. The van der Waals surface area contributed by atoms with Crippen molar-refractivity contribution in [2.45, 2.75) is 31.5 Å². The molecule has 0 aromatic heterocycles. The maximum absolute atomic E-state index is 5.46. The van der Waals surface area contributed by atoms with Gasteiger partial charge in [0.2, 0.25) is 0 Å². The van der Waals surface area contributed by atoms with Crippen LogP contribution in [0.3, 0.4) is 0 Å². The molecule has 3 nitrogen and oxygen atoms in total. The molecule has 1 fully saturated rings. The lowest BCUT2D eigenvalue weighted by atomic mass is 9.93. The Morgan fingerprint density at radius 3 is 2.83 bits per heavy atom. The fourth-order valence-electron chi connectivity index (χ4n) is 3.18. The van der Waals surface area contributed by atoms with Gasteiger partial charge in [-0.15, -0.1) is 0 Å². The van der Waals surface area contributed by atoms with E-state index < -0.39 is 0 Å². The Morgan fingerprint density at radius 1 is 1.22 bits per heavy atom. The minimum atomic E-state index is 0.512. The molecule has 1 unspecified atom stereocenters. The van der Waals surface area contributed by atoms with Crippen LogP contribution in [0.2, 0.25) is 0 Å². The van der Waals surface area contributed by atoms with E-state index in [1.54, 1.807) is 0 Å². The molecule has 0 radical (unpaired) electrons. The highest BCUT2D eigenvalue weighted by Crippen LogP contribution is 2.29. The van der Waals surface area contributed by atoms with Gasteiger partial charge in [0.05, 0.1) is 0 Å². The van der Waals surface area contributed by atoms with Crippen molar-refractivity contribution in [3.05, 3.63) is 35.4 Å². The first kappa shape index (κ1) is 12.2. The number of hydrogen-bond donors (Lipinski definition) is 1. The van der Waals surface area contributed by atoms with Crippen molar-refractivity contribution in [1.29, 1.82) is 0 Å². The van der Waals surface area contributed by atoms with Crippen LogP contribution in [-0.4, -0.2) is 37.7 Å². The molecule has 0 bridgehead atoms. The van der Waals surface area contributed by atoms with Gasteiger partial charge in [0.25, 0.3) is 0 Å². The zero-order valence-corrected chi connectivity index (χ0v) is 11.1. The van der Waals surface area contributed by atoms with Gasteiger partial charge in [0, 0.05) is 38.4 Å². The largest absolute Gasteiger partial charge is 0.381 e. The van der Waals surface area contributed by atoms with Gasteiger partial charge in [0.15, 0.2) is 0 Å². The van der Waals surface area contributed by atoms with E-state index in [2.05, 4.69) is 41.5 Å². The van der Waals surface area contributed by atoms with Crippen LogP contribution >= 0.6 is 0 Å². The van der Waals surface area contributed by atoms with Crippen molar-refractivity contribution in [3.8, 4) is 0 Å². The molecular weight excluding hydrogens is 224 g/mol. The molecule has 1 N–H and O–H groups in total. The van der Waals surface area contributed by atoms with E-state index in [0.29, 0.717) is 12.1 Å². The molecule has 1 aromatic rings. The lowest BCUT2D eigenvalue weighted by Crippen LogP contribution is -2.44. The zero-order valence-electron chi connectivity index (χ0n) is 11.1. The standard InChI is InChI=1S/C15H22N2O/c1-17(13-6-8-18-9-7-13)15-11-16-10-12-4-2-3-5-14(12)15/h2-5,13,15-16H,6-11H2,1H3. The summed E-state index contributed by atoms with van der Waals surface area (Å²) in [6, 6.07) is 10.0. The van der Waals surface area contributed by atoms with Crippen LogP contribution in [0.15, 0.2) is 24.3 Å². The maximum atomic E-state index is 5.46. The summed E-state index contributed by atoms with van der Waals surface area (Å²) in [5, 5.41) is 3.54. The fraction of sp³-hybridized carbons (Fsp3) is 0.600. The topological polar surface area (TPSA) is 24.5 Å². The molecule has 2 aliphatic heterocycles. The van der Waals surface area contributed by atoms with Crippen LogP contribution in [0, 0.1) is 0 Å². The van der Waals surface area contributed by atoms with Crippen LogP contribution in [-0.2, 0) is 11.3 Å². The highest BCUT2D eigenvalue weighted by Gasteiger charge is 2.28. The second kappa shape index (κ2) is 5.39. The predicted molar refractivity (Wildman–Crippen MR) is 72.5 cm³/mol. The summed E-state index contributed by atoms with van der Waals surface area (Å²) < 4.78 is 5.46. The minimum absolute atomic E-state index is 0.512. The molecule has 3 heteroatoms. The van der Waals surface area contributed by atoms with Gasteiger partial charge in [-0.05, 0) is 31.0 Å². The van der Waals surface area contributed by atoms with E-state index in [4.69, 9.17) is 4.74 Å². The number of benzene rings is 1. The lowest BCUT2D eigenvalue weighted by Gasteiger charge is -2.40. The smallest absolute Gasteiger partial charge is 0.0480 e. The van der Waals surface area contributed by atoms with E-state index in [-0.39, 0.29) is 0 Å². The molecule has 3 rings (SSSR count). The summed E-state index contributed by atoms with van der Waals surface area (Å²) in [6.07, 6.45) is 2.32. The molecule has 1 atom stereocenters. The van der Waals surface area contributed by atoms with Gasteiger partial charge in [-0.1, -0.05) is 24.3 Å². The Balaban J connectivity index is 1.80. The number of fused-ring (bicyclic) bond motifs is 1. The average molecular weight is 246 g/mol. The van der Waals surface area contributed by atoms with Gasteiger partial charge in [-0.3, -0.25) is 4.90 Å². The minimum Gasteiger partial charge on any atom is -0.381 e. The Kier molecular flexibility index (Phi) is 3.64. The summed E-state index contributed by atoms with van der Waals surface area (Å²) >= 11 is 0. The molecule has 2 heterocycles. The molecule has 98 valence electrons. The first-order valence-corrected chi connectivity index (χ1v) is 6.94. The van der Waals surface area contributed by atoms with Crippen molar-refractivity contribution < 1.29 is 4.74 Å². The van der Waals surface area contributed by atoms with E-state index in [1.165, 1.54) is 11.1 Å². The quantitative estimate of drug-likeness (QED) is 0.863. The second-order valence-electron chi connectivity index (χ2n) is 5.35. The highest BCUT2D eigenvalue weighted by atomic mass is 16.5. The summed E-state index contributed by atoms with van der Waals surface area (Å²) in [5.41, 5.74) is 2.96. The van der Waals surface area contributed by atoms with Gasteiger partial charge >= 0.3 is 0 Å². The van der Waals surface area contributed by atoms with Crippen LogP contribution in [0.25, 0.3) is 0 Å². The Bertz CT molecular complexity index is 401. The van der Waals surface area contributed by atoms with Gasteiger partial charge < -0.3 is 10.1 Å². The third kappa shape index (κ3) is 2.30. The third-order valence-corrected chi connectivity index (χ3v) is 4.33. The van der Waals surface area contributed by atoms with Gasteiger partial charge in [-0.25, -0.2) is 0 Å². The molecule has 1 saturated heterocycles. The molecule has 0 spiro atoms. The van der Waals surface area contributed by atoms with E-state index in [1.807, 2.05) is 0 Å². The van der Waals surface area contributed by atoms with Crippen LogP contribution in [0.4, 0.5) is 0 Å². The fourth-order valence-corrected chi connectivity index (χ4v) is 3.18. The maximum Gasteiger partial charge on any atom is 0.0480 e. The zero-order chi connectivity index (χ0) is 12.4. The van der Waals surface area contributed by atoms with E-state index >= 15 is 0 Å². The number of hydrogen-bond acceptors (Lipinski definition) is 3. The Morgan fingerprint density at radius 2 is 2.00 bits per heavy atom. The van der Waals surface area contributed by atoms with E-state index in [0.717, 1.165) is 39.1 Å². The van der Waals surface area contributed by atoms with Crippen LogP contribution < -0.4 is 5.32 Å². The molecule has 18 heavy (non-hydrogen) atoms.